The van der Waals surface area contributed by atoms with Crippen molar-refractivity contribution in [3.8, 4) is 11.3 Å². The first-order valence-corrected chi connectivity index (χ1v) is 8.11. The van der Waals surface area contributed by atoms with Crippen LogP contribution < -0.4 is 11.1 Å². The number of amides is 3. The Morgan fingerprint density at radius 3 is 2.52 bits per heavy atom. The van der Waals surface area contributed by atoms with E-state index in [-0.39, 0.29) is 5.92 Å². The first-order chi connectivity index (χ1) is 10.9. The number of oxazole rings is 1. The van der Waals surface area contributed by atoms with E-state index in [1.54, 1.807) is 18.3 Å². The fourth-order valence-corrected chi connectivity index (χ4v) is 2.89. The summed E-state index contributed by atoms with van der Waals surface area (Å²) >= 11 is 6.99. The van der Waals surface area contributed by atoms with E-state index < -0.39 is 17.2 Å². The summed E-state index contributed by atoms with van der Waals surface area (Å²) < 4.78 is 5.66. The van der Waals surface area contributed by atoms with E-state index in [0.717, 1.165) is 17.3 Å². The van der Waals surface area contributed by atoms with Crippen molar-refractivity contribution in [2.75, 3.05) is 0 Å². The van der Waals surface area contributed by atoms with E-state index in [9.17, 15) is 9.59 Å². The van der Waals surface area contributed by atoms with Crippen LogP contribution in [0.1, 0.15) is 13.8 Å². The summed E-state index contributed by atoms with van der Waals surface area (Å²) in [5, 5.41) is 2.51. The number of urea groups is 1. The number of aromatic nitrogens is 1. The van der Waals surface area contributed by atoms with Gasteiger partial charge in [0.15, 0.2) is 5.76 Å². The molecule has 23 heavy (non-hydrogen) atoms. The van der Waals surface area contributed by atoms with Crippen molar-refractivity contribution in [1.29, 1.82) is 0 Å². The first-order valence-electron chi connectivity index (χ1n) is 6.85. The molecule has 0 aliphatic carbocycles. The first kappa shape index (κ1) is 17.4. The van der Waals surface area contributed by atoms with Crippen LogP contribution >= 0.6 is 23.4 Å². The Labute approximate surface area is 142 Å². The third kappa shape index (κ3) is 4.74. The number of hydrogen-bond acceptors (Lipinski definition) is 5. The second kappa shape index (κ2) is 7.52. The normalized spacial score (nSPS) is 12.2. The van der Waals surface area contributed by atoms with Crippen LogP contribution in [0.3, 0.4) is 0 Å². The maximum Gasteiger partial charge on any atom is 0.318 e. The van der Waals surface area contributed by atoms with Crippen molar-refractivity contribution < 1.29 is 14.0 Å². The molecular formula is C15H16ClN3O3S. The van der Waals surface area contributed by atoms with Crippen molar-refractivity contribution in [1.82, 2.24) is 10.3 Å². The molecule has 1 aromatic carbocycles. The van der Waals surface area contributed by atoms with Gasteiger partial charge in [-0.2, -0.15) is 0 Å². The minimum atomic E-state index is -0.879. The van der Waals surface area contributed by atoms with Crippen molar-refractivity contribution in [3.63, 3.8) is 0 Å². The van der Waals surface area contributed by atoms with E-state index in [1.807, 2.05) is 26.0 Å². The molecule has 2 aromatic rings. The number of carbonyl (C=O) groups is 2. The lowest BCUT2D eigenvalue weighted by Gasteiger charge is -2.16. The van der Waals surface area contributed by atoms with Gasteiger partial charge < -0.3 is 10.2 Å². The molecule has 0 aliphatic heterocycles. The predicted octanol–water partition coefficient (Wildman–Crippen LogP) is 3.31. The standard InChI is InChI=1S/C15H16ClN3O3S/c1-8(2)12(13(20)19-14(17)21)23-15-18-7-11(22-15)9-3-5-10(16)6-4-9/h3-8,12H,1-2H3,(H3,17,19,20,21)/t12-/m1/s1. The van der Waals surface area contributed by atoms with Crippen molar-refractivity contribution in [2.24, 2.45) is 11.7 Å². The van der Waals surface area contributed by atoms with Gasteiger partial charge in [0.2, 0.25) is 5.91 Å². The maximum atomic E-state index is 12.0. The number of halogens is 1. The summed E-state index contributed by atoms with van der Waals surface area (Å²) in [5.74, 6) is 0.0657. The van der Waals surface area contributed by atoms with Crippen LogP contribution in [0.4, 0.5) is 4.79 Å². The molecule has 0 unspecified atom stereocenters. The van der Waals surface area contributed by atoms with E-state index in [4.69, 9.17) is 21.8 Å². The Morgan fingerprint density at radius 2 is 1.96 bits per heavy atom. The Morgan fingerprint density at radius 1 is 1.30 bits per heavy atom. The average Bonchev–Trinajstić information content (AvgIpc) is 2.93. The summed E-state index contributed by atoms with van der Waals surface area (Å²) in [4.78, 5) is 27.0. The molecule has 0 saturated heterocycles. The summed E-state index contributed by atoms with van der Waals surface area (Å²) in [7, 11) is 0. The third-order valence-corrected chi connectivity index (χ3v) is 4.61. The van der Waals surface area contributed by atoms with Crippen LogP contribution in [-0.2, 0) is 4.79 Å². The number of rotatable bonds is 5. The summed E-state index contributed by atoms with van der Waals surface area (Å²) in [6.45, 7) is 3.72. The number of nitrogens with two attached hydrogens (primary N) is 1. The zero-order valence-electron chi connectivity index (χ0n) is 12.6. The third-order valence-electron chi connectivity index (χ3n) is 2.95. The number of thioether (sulfide) groups is 1. The van der Waals surface area contributed by atoms with Gasteiger partial charge in [0.25, 0.3) is 5.22 Å². The second-order valence-corrected chi connectivity index (χ2v) is 6.66. The maximum absolute atomic E-state index is 12.0. The highest BCUT2D eigenvalue weighted by molar-refractivity contribution is 8.00. The van der Waals surface area contributed by atoms with Crippen LogP contribution in [0.15, 0.2) is 40.1 Å². The van der Waals surface area contributed by atoms with E-state index in [1.165, 1.54) is 0 Å². The van der Waals surface area contributed by atoms with Gasteiger partial charge >= 0.3 is 6.03 Å². The molecule has 0 saturated carbocycles. The van der Waals surface area contributed by atoms with Crippen molar-refractivity contribution >= 4 is 35.3 Å². The molecule has 0 fully saturated rings. The quantitative estimate of drug-likeness (QED) is 0.803. The van der Waals surface area contributed by atoms with Crippen LogP contribution in [0, 0.1) is 5.92 Å². The molecule has 2 rings (SSSR count). The fourth-order valence-electron chi connectivity index (χ4n) is 1.85. The zero-order chi connectivity index (χ0) is 17.0. The fraction of sp³-hybridized carbons (Fsp3) is 0.267. The molecule has 1 atom stereocenters. The number of nitrogens with zero attached hydrogens (tertiary/aromatic N) is 1. The number of hydrogen-bond donors (Lipinski definition) is 2. The lowest BCUT2D eigenvalue weighted by Crippen LogP contribution is -2.42. The van der Waals surface area contributed by atoms with Gasteiger partial charge in [0.1, 0.15) is 0 Å². The van der Waals surface area contributed by atoms with Crippen LogP contribution in [0.5, 0.6) is 0 Å². The Bertz CT molecular complexity index is 700. The molecule has 1 aromatic heterocycles. The Balaban J connectivity index is 2.14. The summed E-state index contributed by atoms with van der Waals surface area (Å²) in [6, 6.07) is 6.26. The smallest absolute Gasteiger partial charge is 0.318 e. The monoisotopic (exact) mass is 353 g/mol. The molecule has 122 valence electrons. The van der Waals surface area contributed by atoms with Gasteiger partial charge in [-0.25, -0.2) is 9.78 Å². The predicted molar refractivity (Wildman–Crippen MR) is 89.2 cm³/mol. The minimum Gasteiger partial charge on any atom is -0.431 e. The number of carbonyl (C=O) groups excluding carboxylic acids is 2. The van der Waals surface area contributed by atoms with E-state index in [0.29, 0.717) is 16.0 Å². The van der Waals surface area contributed by atoms with Crippen LogP contribution in [0.2, 0.25) is 5.02 Å². The van der Waals surface area contributed by atoms with Gasteiger partial charge in [0.05, 0.1) is 11.4 Å². The zero-order valence-corrected chi connectivity index (χ0v) is 14.1. The lowest BCUT2D eigenvalue weighted by molar-refractivity contribution is -0.120. The van der Waals surface area contributed by atoms with Gasteiger partial charge in [-0.15, -0.1) is 0 Å². The van der Waals surface area contributed by atoms with Gasteiger partial charge in [-0.05, 0) is 30.2 Å². The molecule has 0 spiro atoms. The van der Waals surface area contributed by atoms with Crippen LogP contribution in [0.25, 0.3) is 11.3 Å². The highest BCUT2D eigenvalue weighted by atomic mass is 35.5. The number of primary amides is 1. The van der Waals surface area contributed by atoms with Gasteiger partial charge in [-0.1, -0.05) is 37.2 Å². The minimum absolute atomic E-state index is 0.0368. The lowest BCUT2D eigenvalue weighted by atomic mass is 10.1. The van der Waals surface area contributed by atoms with Crippen LogP contribution in [-0.4, -0.2) is 22.2 Å². The molecular weight excluding hydrogens is 338 g/mol. The molecule has 0 bridgehead atoms. The van der Waals surface area contributed by atoms with Crippen molar-refractivity contribution in [2.45, 2.75) is 24.3 Å². The highest BCUT2D eigenvalue weighted by Gasteiger charge is 2.26. The number of imide groups is 1. The SMILES string of the molecule is CC(C)[C@@H](Sc1ncc(-c2ccc(Cl)cc2)o1)C(=O)NC(N)=O. The molecule has 1 heterocycles. The van der Waals surface area contributed by atoms with E-state index in [2.05, 4.69) is 10.3 Å². The largest absolute Gasteiger partial charge is 0.431 e. The van der Waals surface area contributed by atoms with Gasteiger partial charge in [0, 0.05) is 10.6 Å². The summed E-state index contributed by atoms with van der Waals surface area (Å²) in [5.41, 5.74) is 5.82. The Kier molecular flexibility index (Phi) is 5.68. The van der Waals surface area contributed by atoms with Gasteiger partial charge in [-0.3, -0.25) is 10.1 Å². The second-order valence-electron chi connectivity index (χ2n) is 5.13. The molecule has 0 radical (unpaired) electrons. The number of benzene rings is 1. The molecule has 8 heteroatoms. The molecule has 3 amide bonds. The molecule has 3 N–H and O–H groups in total. The Hall–Kier alpha value is -1.99. The van der Waals surface area contributed by atoms with Crippen molar-refractivity contribution in [3.05, 3.63) is 35.5 Å². The summed E-state index contributed by atoms with van der Waals surface area (Å²) in [6.07, 6.45) is 1.58. The average molecular weight is 354 g/mol. The topological polar surface area (TPSA) is 98.2 Å². The molecule has 0 aliphatic rings. The number of nitrogens with one attached hydrogen (secondary N) is 1. The van der Waals surface area contributed by atoms with E-state index >= 15 is 0 Å². The highest BCUT2D eigenvalue weighted by Crippen LogP contribution is 2.31. The molecule has 6 nitrogen and oxygen atoms in total.